The molecule has 0 aromatic heterocycles. The summed E-state index contributed by atoms with van der Waals surface area (Å²) in [5, 5.41) is 0. The molecular formula is C11H21NO. The first-order valence-electron chi connectivity index (χ1n) is 5.41. The summed E-state index contributed by atoms with van der Waals surface area (Å²) in [7, 11) is 0. The van der Waals surface area contributed by atoms with Gasteiger partial charge < -0.3 is 4.90 Å². The normalized spacial score (nSPS) is 24.2. The van der Waals surface area contributed by atoms with E-state index >= 15 is 0 Å². The fourth-order valence-electron chi connectivity index (χ4n) is 2.14. The second-order valence-electron chi connectivity index (χ2n) is 4.46. The van der Waals surface area contributed by atoms with Crippen LogP contribution in [0, 0.1) is 11.8 Å². The Kier molecular flexibility index (Phi) is 3.76. The number of likely N-dealkylation sites (tertiary alicyclic amines) is 1. The lowest BCUT2D eigenvalue weighted by Gasteiger charge is -2.31. The van der Waals surface area contributed by atoms with Gasteiger partial charge in [-0.15, -0.1) is 0 Å². The zero-order valence-corrected chi connectivity index (χ0v) is 9.05. The molecule has 76 valence electrons. The monoisotopic (exact) mass is 183 g/mol. The van der Waals surface area contributed by atoms with Crippen molar-refractivity contribution in [1.29, 1.82) is 0 Å². The molecule has 1 aliphatic heterocycles. The van der Waals surface area contributed by atoms with Gasteiger partial charge in [-0.2, -0.15) is 0 Å². The van der Waals surface area contributed by atoms with Crippen molar-refractivity contribution in [3.05, 3.63) is 0 Å². The average molecular weight is 183 g/mol. The topological polar surface area (TPSA) is 20.3 Å². The molecule has 0 bridgehead atoms. The van der Waals surface area contributed by atoms with Crippen LogP contribution >= 0.6 is 0 Å². The molecule has 1 heterocycles. The predicted octanol–water partition coefficient (Wildman–Crippen LogP) is 2.29. The van der Waals surface area contributed by atoms with Crippen LogP contribution in [0.3, 0.4) is 0 Å². The quantitative estimate of drug-likeness (QED) is 0.657. The van der Waals surface area contributed by atoms with Crippen molar-refractivity contribution in [1.82, 2.24) is 4.90 Å². The molecule has 13 heavy (non-hydrogen) atoms. The van der Waals surface area contributed by atoms with Gasteiger partial charge in [0.1, 0.15) is 0 Å². The lowest BCUT2D eigenvalue weighted by atomic mass is 9.88. The maximum atomic E-state index is 11.5. The maximum absolute atomic E-state index is 11.5. The molecule has 0 radical (unpaired) electrons. The van der Waals surface area contributed by atoms with Gasteiger partial charge in [0, 0.05) is 19.5 Å². The highest BCUT2D eigenvalue weighted by atomic mass is 16.2. The number of amides is 1. The van der Waals surface area contributed by atoms with E-state index in [-0.39, 0.29) is 0 Å². The van der Waals surface area contributed by atoms with Crippen LogP contribution < -0.4 is 0 Å². The number of hydrogen-bond donors (Lipinski definition) is 0. The van der Waals surface area contributed by atoms with E-state index in [2.05, 4.69) is 20.8 Å². The first-order chi connectivity index (χ1) is 6.13. The molecule has 2 heteroatoms. The highest BCUT2D eigenvalue weighted by Gasteiger charge is 2.24. The first kappa shape index (κ1) is 10.6. The van der Waals surface area contributed by atoms with Crippen LogP contribution in [0.5, 0.6) is 0 Å². The van der Waals surface area contributed by atoms with Gasteiger partial charge in [0.2, 0.25) is 5.91 Å². The summed E-state index contributed by atoms with van der Waals surface area (Å²) in [6, 6.07) is 0. The number of hydrogen-bond acceptors (Lipinski definition) is 1. The van der Waals surface area contributed by atoms with Crippen LogP contribution in [0.1, 0.15) is 40.0 Å². The summed E-state index contributed by atoms with van der Waals surface area (Å²) in [6.45, 7) is 8.38. The molecule has 1 amide bonds. The van der Waals surface area contributed by atoms with Crippen molar-refractivity contribution in [2.75, 3.05) is 13.1 Å². The summed E-state index contributed by atoms with van der Waals surface area (Å²) in [6.07, 6.45) is 3.20. The zero-order valence-electron chi connectivity index (χ0n) is 9.05. The van der Waals surface area contributed by atoms with Crippen molar-refractivity contribution in [3.8, 4) is 0 Å². The molecule has 0 N–H and O–H groups in total. The van der Waals surface area contributed by atoms with E-state index in [9.17, 15) is 4.79 Å². The Bertz CT molecular complexity index is 177. The van der Waals surface area contributed by atoms with Crippen LogP contribution in [0.2, 0.25) is 0 Å². The highest BCUT2D eigenvalue weighted by molar-refractivity contribution is 5.77. The Morgan fingerprint density at radius 3 is 2.69 bits per heavy atom. The van der Waals surface area contributed by atoms with Crippen molar-refractivity contribution >= 4 is 5.91 Å². The van der Waals surface area contributed by atoms with Gasteiger partial charge in [-0.3, -0.25) is 4.79 Å². The average Bonchev–Trinajstić information content (AvgIpc) is 2.03. The summed E-state index contributed by atoms with van der Waals surface area (Å²) in [5.41, 5.74) is 0. The minimum Gasteiger partial charge on any atom is -0.343 e. The van der Waals surface area contributed by atoms with E-state index in [1.165, 1.54) is 12.8 Å². The number of nitrogens with zero attached hydrogens (tertiary/aromatic N) is 1. The van der Waals surface area contributed by atoms with Gasteiger partial charge >= 0.3 is 0 Å². The molecule has 1 atom stereocenters. The van der Waals surface area contributed by atoms with Gasteiger partial charge in [0.05, 0.1) is 0 Å². The molecule has 1 fully saturated rings. The number of rotatable bonds is 3. The SMILES string of the molecule is CCN1CCC(CC(C)C)CC1=O. The summed E-state index contributed by atoms with van der Waals surface area (Å²) in [4.78, 5) is 13.5. The largest absolute Gasteiger partial charge is 0.343 e. The van der Waals surface area contributed by atoms with Crippen molar-refractivity contribution in [2.45, 2.75) is 40.0 Å². The third-order valence-corrected chi connectivity index (χ3v) is 2.81. The Balaban J connectivity index is 2.37. The zero-order chi connectivity index (χ0) is 9.84. The van der Waals surface area contributed by atoms with Crippen molar-refractivity contribution in [2.24, 2.45) is 11.8 Å². The molecule has 0 saturated carbocycles. The summed E-state index contributed by atoms with van der Waals surface area (Å²) >= 11 is 0. The molecule has 0 aromatic rings. The molecule has 1 saturated heterocycles. The lowest BCUT2D eigenvalue weighted by molar-refractivity contribution is -0.134. The van der Waals surface area contributed by atoms with E-state index in [1.807, 2.05) is 4.90 Å². The van der Waals surface area contributed by atoms with Gasteiger partial charge in [-0.25, -0.2) is 0 Å². The van der Waals surface area contributed by atoms with Gasteiger partial charge in [0.15, 0.2) is 0 Å². The van der Waals surface area contributed by atoms with E-state index < -0.39 is 0 Å². The van der Waals surface area contributed by atoms with Crippen molar-refractivity contribution < 1.29 is 4.79 Å². The van der Waals surface area contributed by atoms with Crippen LogP contribution in [-0.4, -0.2) is 23.9 Å². The third kappa shape index (κ3) is 3.02. The van der Waals surface area contributed by atoms with E-state index in [4.69, 9.17) is 0 Å². The molecule has 1 rings (SSSR count). The van der Waals surface area contributed by atoms with Crippen LogP contribution in [-0.2, 0) is 4.79 Å². The van der Waals surface area contributed by atoms with E-state index in [0.717, 1.165) is 25.4 Å². The lowest BCUT2D eigenvalue weighted by Crippen LogP contribution is -2.38. The Hall–Kier alpha value is -0.530. The van der Waals surface area contributed by atoms with E-state index in [1.54, 1.807) is 0 Å². The fourth-order valence-corrected chi connectivity index (χ4v) is 2.14. The molecule has 1 unspecified atom stereocenters. The Morgan fingerprint density at radius 1 is 1.54 bits per heavy atom. The smallest absolute Gasteiger partial charge is 0.222 e. The van der Waals surface area contributed by atoms with Gasteiger partial charge in [0.25, 0.3) is 0 Å². The predicted molar refractivity (Wildman–Crippen MR) is 54.4 cm³/mol. The highest BCUT2D eigenvalue weighted by Crippen LogP contribution is 2.24. The van der Waals surface area contributed by atoms with Crippen LogP contribution in [0.15, 0.2) is 0 Å². The molecule has 0 aromatic carbocycles. The van der Waals surface area contributed by atoms with Crippen molar-refractivity contribution in [3.63, 3.8) is 0 Å². The Labute approximate surface area is 81.3 Å². The minimum absolute atomic E-state index is 0.361. The van der Waals surface area contributed by atoms with Crippen LogP contribution in [0.4, 0.5) is 0 Å². The van der Waals surface area contributed by atoms with Crippen LogP contribution in [0.25, 0.3) is 0 Å². The summed E-state index contributed by atoms with van der Waals surface area (Å²) < 4.78 is 0. The molecular weight excluding hydrogens is 162 g/mol. The maximum Gasteiger partial charge on any atom is 0.222 e. The molecule has 0 aliphatic carbocycles. The molecule has 2 nitrogen and oxygen atoms in total. The fraction of sp³-hybridized carbons (Fsp3) is 0.909. The summed E-state index contributed by atoms with van der Waals surface area (Å²) in [5.74, 6) is 1.74. The van der Waals surface area contributed by atoms with Gasteiger partial charge in [-0.1, -0.05) is 13.8 Å². The number of carbonyl (C=O) groups is 1. The standard InChI is InChI=1S/C11H21NO/c1-4-12-6-5-10(7-9(2)3)8-11(12)13/h9-10H,4-8H2,1-3H3. The number of carbonyl (C=O) groups excluding carboxylic acids is 1. The van der Waals surface area contributed by atoms with E-state index in [0.29, 0.717) is 11.8 Å². The Morgan fingerprint density at radius 2 is 2.23 bits per heavy atom. The van der Waals surface area contributed by atoms with Gasteiger partial charge in [-0.05, 0) is 31.6 Å². The second-order valence-corrected chi connectivity index (χ2v) is 4.46. The second kappa shape index (κ2) is 4.64. The molecule has 1 aliphatic rings. The third-order valence-electron chi connectivity index (χ3n) is 2.81. The first-order valence-corrected chi connectivity index (χ1v) is 5.41. The number of piperidine rings is 1. The minimum atomic E-state index is 0.361. The molecule has 0 spiro atoms.